The molecule has 0 saturated heterocycles. The van der Waals surface area contributed by atoms with Crippen LogP contribution in [0, 0.1) is 5.92 Å². The number of anilines is 1. The number of rotatable bonds is 6. The van der Waals surface area contributed by atoms with Crippen LogP contribution in [0.4, 0.5) is 5.82 Å². The first-order valence-electron chi connectivity index (χ1n) is 7.83. The van der Waals surface area contributed by atoms with Gasteiger partial charge >= 0.3 is 0 Å². The van der Waals surface area contributed by atoms with Crippen LogP contribution in [-0.2, 0) is 11.2 Å². The average Bonchev–Trinajstić information content (AvgIpc) is 2.54. The lowest BCUT2D eigenvalue weighted by Gasteiger charge is -2.11. The summed E-state index contributed by atoms with van der Waals surface area (Å²) in [5.74, 6) is 1.64. The quantitative estimate of drug-likeness (QED) is 0.883. The second-order valence-corrected chi connectivity index (χ2v) is 5.78. The Kier molecular flexibility index (Phi) is 5.68. The molecule has 1 N–H and O–H groups in total. The van der Waals surface area contributed by atoms with E-state index >= 15 is 0 Å². The molecule has 23 heavy (non-hydrogen) atoms. The molecule has 0 saturated carbocycles. The largest absolute Gasteiger partial charge is 0.497 e. The number of methoxy groups -OCH3 is 1. The third-order valence-corrected chi connectivity index (χ3v) is 3.42. The third kappa shape index (κ3) is 4.52. The lowest BCUT2D eigenvalue weighted by Crippen LogP contribution is -2.16. The van der Waals surface area contributed by atoms with Crippen molar-refractivity contribution in [2.75, 3.05) is 12.4 Å². The molecule has 1 heterocycles. The fraction of sp³-hybridized carbons (Fsp3) is 0.389. The summed E-state index contributed by atoms with van der Waals surface area (Å²) in [5, 5.41) is 2.86. The van der Waals surface area contributed by atoms with Crippen molar-refractivity contribution >= 4 is 11.7 Å². The van der Waals surface area contributed by atoms with Crippen molar-refractivity contribution < 1.29 is 9.53 Å². The van der Waals surface area contributed by atoms with Crippen LogP contribution in [0.15, 0.2) is 30.5 Å². The number of nitrogens with zero attached hydrogens (tertiary/aromatic N) is 2. The molecule has 0 atom stereocenters. The Morgan fingerprint density at radius 3 is 2.52 bits per heavy atom. The Morgan fingerprint density at radius 2 is 1.96 bits per heavy atom. The lowest BCUT2D eigenvalue weighted by atomic mass is 10.1. The van der Waals surface area contributed by atoms with Gasteiger partial charge in [0.05, 0.1) is 24.7 Å². The third-order valence-electron chi connectivity index (χ3n) is 3.42. The molecule has 0 radical (unpaired) electrons. The van der Waals surface area contributed by atoms with Crippen molar-refractivity contribution in [1.29, 1.82) is 0 Å². The van der Waals surface area contributed by atoms with Gasteiger partial charge in [0.15, 0.2) is 5.82 Å². The van der Waals surface area contributed by atoms with E-state index in [4.69, 9.17) is 4.74 Å². The highest BCUT2D eigenvalue weighted by molar-refractivity contribution is 5.90. The topological polar surface area (TPSA) is 64.1 Å². The zero-order chi connectivity index (χ0) is 16.8. The van der Waals surface area contributed by atoms with E-state index in [1.165, 1.54) is 0 Å². The highest BCUT2D eigenvalue weighted by Crippen LogP contribution is 2.22. The molecule has 0 bridgehead atoms. The molecular formula is C18H23N3O2. The van der Waals surface area contributed by atoms with Gasteiger partial charge in [-0.3, -0.25) is 4.79 Å². The van der Waals surface area contributed by atoms with Crippen LogP contribution in [0.25, 0.3) is 11.3 Å². The van der Waals surface area contributed by atoms with Crippen LogP contribution in [0.5, 0.6) is 5.75 Å². The van der Waals surface area contributed by atoms with Crippen molar-refractivity contribution in [3.05, 3.63) is 36.2 Å². The predicted molar refractivity (Wildman–Crippen MR) is 91.5 cm³/mol. The number of aryl methyl sites for hydroxylation is 1. The number of hydrogen-bond donors (Lipinski definition) is 1. The van der Waals surface area contributed by atoms with Gasteiger partial charge in [0.2, 0.25) is 5.91 Å². The van der Waals surface area contributed by atoms with E-state index in [9.17, 15) is 4.79 Å². The Balaban J connectivity index is 2.22. The zero-order valence-corrected chi connectivity index (χ0v) is 14.1. The van der Waals surface area contributed by atoms with Crippen LogP contribution >= 0.6 is 0 Å². The van der Waals surface area contributed by atoms with Crippen LogP contribution < -0.4 is 10.1 Å². The molecule has 2 aromatic rings. The monoisotopic (exact) mass is 313 g/mol. The molecule has 1 aromatic carbocycles. The number of carbonyl (C=O) groups is 1. The molecule has 1 aromatic heterocycles. The Hall–Kier alpha value is -2.43. The number of amides is 1. The van der Waals surface area contributed by atoms with Crippen molar-refractivity contribution in [1.82, 2.24) is 9.97 Å². The first kappa shape index (κ1) is 16.9. The maximum absolute atomic E-state index is 11.9. The van der Waals surface area contributed by atoms with E-state index in [-0.39, 0.29) is 5.91 Å². The summed E-state index contributed by atoms with van der Waals surface area (Å²) in [6.45, 7) is 6.03. The van der Waals surface area contributed by atoms with Gasteiger partial charge in [-0.05, 0) is 36.6 Å². The highest BCUT2D eigenvalue weighted by atomic mass is 16.5. The number of ether oxygens (including phenoxy) is 1. The van der Waals surface area contributed by atoms with E-state index in [1.54, 1.807) is 13.3 Å². The average molecular weight is 313 g/mol. The predicted octanol–water partition coefficient (Wildman–Crippen LogP) is 3.70. The van der Waals surface area contributed by atoms with Crippen LogP contribution in [0.1, 0.15) is 32.9 Å². The van der Waals surface area contributed by atoms with E-state index in [0.29, 0.717) is 24.6 Å². The summed E-state index contributed by atoms with van der Waals surface area (Å²) in [7, 11) is 1.64. The van der Waals surface area contributed by atoms with Gasteiger partial charge in [-0.2, -0.15) is 0 Å². The minimum absolute atomic E-state index is 0.0267. The van der Waals surface area contributed by atoms with Crippen molar-refractivity contribution in [3.63, 3.8) is 0 Å². The molecule has 0 fully saturated rings. The second-order valence-electron chi connectivity index (χ2n) is 5.78. The van der Waals surface area contributed by atoms with Crippen LogP contribution in [0.2, 0.25) is 0 Å². The normalized spacial score (nSPS) is 10.7. The molecular weight excluding hydrogens is 290 g/mol. The van der Waals surface area contributed by atoms with Gasteiger partial charge < -0.3 is 10.1 Å². The Labute approximate surface area is 137 Å². The van der Waals surface area contributed by atoms with Crippen LogP contribution in [0.3, 0.4) is 0 Å². The summed E-state index contributed by atoms with van der Waals surface area (Å²) >= 11 is 0. The molecule has 1 amide bonds. The summed E-state index contributed by atoms with van der Waals surface area (Å²) in [6.07, 6.45) is 2.87. The van der Waals surface area contributed by atoms with Gasteiger partial charge in [0.1, 0.15) is 5.75 Å². The maximum Gasteiger partial charge on any atom is 0.225 e. The summed E-state index contributed by atoms with van der Waals surface area (Å²) in [6, 6.07) is 7.67. The van der Waals surface area contributed by atoms with E-state index in [2.05, 4.69) is 15.3 Å². The van der Waals surface area contributed by atoms with Gasteiger partial charge in [-0.25, -0.2) is 9.97 Å². The van der Waals surface area contributed by atoms with Crippen molar-refractivity contribution in [2.45, 2.75) is 33.6 Å². The van der Waals surface area contributed by atoms with E-state index < -0.39 is 0 Å². The fourth-order valence-corrected chi connectivity index (χ4v) is 2.23. The van der Waals surface area contributed by atoms with Gasteiger partial charge in [-0.15, -0.1) is 0 Å². The Morgan fingerprint density at radius 1 is 1.26 bits per heavy atom. The molecule has 0 aliphatic heterocycles. The molecule has 0 spiro atoms. The van der Waals surface area contributed by atoms with Gasteiger partial charge in [0.25, 0.3) is 0 Å². The zero-order valence-electron chi connectivity index (χ0n) is 14.1. The molecule has 0 aliphatic carbocycles. The smallest absolute Gasteiger partial charge is 0.225 e. The highest BCUT2D eigenvalue weighted by Gasteiger charge is 2.12. The molecule has 122 valence electrons. The SMILES string of the molecule is CCc1nc(-c2ccc(OC)cc2)cnc1NC(=O)CC(C)C. The summed E-state index contributed by atoms with van der Waals surface area (Å²) in [5.41, 5.74) is 2.54. The number of benzene rings is 1. The van der Waals surface area contributed by atoms with Gasteiger partial charge in [0, 0.05) is 12.0 Å². The van der Waals surface area contributed by atoms with Crippen LogP contribution in [-0.4, -0.2) is 23.0 Å². The minimum Gasteiger partial charge on any atom is -0.497 e. The Bertz CT molecular complexity index is 666. The fourth-order valence-electron chi connectivity index (χ4n) is 2.23. The number of aromatic nitrogens is 2. The standard InChI is InChI=1S/C18H23N3O2/c1-5-15-18(21-17(22)10-12(2)3)19-11-16(20-15)13-6-8-14(23-4)9-7-13/h6-9,11-12H,5,10H2,1-4H3,(H,19,21,22). The molecule has 5 nitrogen and oxygen atoms in total. The second kappa shape index (κ2) is 7.72. The van der Waals surface area contributed by atoms with E-state index in [0.717, 1.165) is 22.7 Å². The molecule has 0 aliphatic rings. The first-order chi connectivity index (χ1) is 11.0. The molecule has 0 unspecified atom stereocenters. The summed E-state index contributed by atoms with van der Waals surface area (Å²) < 4.78 is 5.16. The number of carbonyl (C=O) groups excluding carboxylic acids is 1. The summed E-state index contributed by atoms with van der Waals surface area (Å²) in [4.78, 5) is 20.9. The lowest BCUT2D eigenvalue weighted by molar-refractivity contribution is -0.116. The van der Waals surface area contributed by atoms with Crippen molar-refractivity contribution in [2.24, 2.45) is 5.92 Å². The molecule has 2 rings (SSSR count). The minimum atomic E-state index is -0.0267. The number of nitrogens with one attached hydrogen (secondary N) is 1. The first-order valence-corrected chi connectivity index (χ1v) is 7.83. The maximum atomic E-state index is 11.9. The van der Waals surface area contributed by atoms with Crippen molar-refractivity contribution in [3.8, 4) is 17.0 Å². The molecule has 5 heteroatoms. The van der Waals surface area contributed by atoms with Gasteiger partial charge in [-0.1, -0.05) is 20.8 Å². The number of hydrogen-bond acceptors (Lipinski definition) is 4. The van der Waals surface area contributed by atoms with E-state index in [1.807, 2.05) is 45.0 Å².